The molecule has 2 aromatic heterocycles. The van der Waals surface area contributed by atoms with Gasteiger partial charge < -0.3 is 0 Å². The Bertz CT molecular complexity index is 477. The van der Waals surface area contributed by atoms with Crippen molar-refractivity contribution >= 4 is 27.3 Å². The van der Waals surface area contributed by atoms with Crippen LogP contribution < -0.4 is 0 Å². The number of rotatable bonds is 5. The Morgan fingerprint density at radius 1 is 1.53 bits per heavy atom. The molecule has 0 saturated heterocycles. The van der Waals surface area contributed by atoms with Gasteiger partial charge in [0.1, 0.15) is 0 Å². The maximum absolute atomic E-state index is 4.57. The third-order valence-corrected chi connectivity index (χ3v) is 3.78. The van der Waals surface area contributed by atoms with Gasteiger partial charge in [-0.2, -0.15) is 0 Å². The molecule has 2 aromatic rings. The second kappa shape index (κ2) is 5.73. The molecule has 0 amide bonds. The summed E-state index contributed by atoms with van der Waals surface area (Å²) in [7, 11) is 0. The number of aromatic nitrogens is 4. The molecule has 17 heavy (non-hydrogen) atoms. The number of aryl methyl sites for hydroxylation is 1. The summed E-state index contributed by atoms with van der Waals surface area (Å²) in [6.07, 6.45) is 4.16. The van der Waals surface area contributed by atoms with Crippen molar-refractivity contribution in [3.63, 3.8) is 0 Å². The van der Waals surface area contributed by atoms with Crippen molar-refractivity contribution in [3.05, 3.63) is 28.0 Å². The highest BCUT2D eigenvalue weighted by Crippen LogP contribution is 2.18. The molecular formula is C11H15BrN4S. The molecule has 0 saturated carbocycles. The molecule has 0 aromatic carbocycles. The first-order valence-corrected chi connectivity index (χ1v) is 7.46. The fraction of sp³-hybridized carbons (Fsp3) is 0.545. The molecule has 0 fully saturated rings. The third-order valence-electron chi connectivity index (χ3n) is 2.35. The van der Waals surface area contributed by atoms with E-state index in [2.05, 4.69) is 43.5 Å². The number of thiazole rings is 1. The largest absolute Gasteiger partial charge is 0.246 e. The Morgan fingerprint density at radius 3 is 3.00 bits per heavy atom. The smallest absolute Gasteiger partial charge is 0.0960 e. The summed E-state index contributed by atoms with van der Waals surface area (Å²) in [5.41, 5.74) is 2.02. The molecule has 0 bridgehead atoms. The molecule has 0 spiro atoms. The van der Waals surface area contributed by atoms with Gasteiger partial charge in [0.2, 0.25) is 0 Å². The van der Waals surface area contributed by atoms with Crippen LogP contribution in [0.2, 0.25) is 0 Å². The van der Waals surface area contributed by atoms with E-state index >= 15 is 0 Å². The van der Waals surface area contributed by atoms with Crippen molar-refractivity contribution in [1.29, 1.82) is 0 Å². The Balaban J connectivity index is 2.03. The molecule has 6 heteroatoms. The second-order valence-electron chi connectivity index (χ2n) is 3.94. The molecular weight excluding hydrogens is 300 g/mol. The monoisotopic (exact) mass is 314 g/mol. The van der Waals surface area contributed by atoms with Crippen LogP contribution in [-0.4, -0.2) is 20.0 Å². The quantitative estimate of drug-likeness (QED) is 0.796. The minimum absolute atomic E-state index is 0.238. The number of hydrogen-bond acceptors (Lipinski definition) is 4. The minimum Gasteiger partial charge on any atom is -0.246 e. The maximum atomic E-state index is 4.57. The summed E-state index contributed by atoms with van der Waals surface area (Å²) in [6, 6.07) is 0. The zero-order valence-electron chi connectivity index (χ0n) is 9.93. The van der Waals surface area contributed by atoms with E-state index in [9.17, 15) is 0 Å². The Kier molecular flexibility index (Phi) is 4.28. The number of nitrogens with zero attached hydrogens (tertiary/aromatic N) is 4. The van der Waals surface area contributed by atoms with Crippen molar-refractivity contribution in [2.24, 2.45) is 0 Å². The van der Waals surface area contributed by atoms with Crippen molar-refractivity contribution in [3.8, 4) is 0 Å². The maximum Gasteiger partial charge on any atom is 0.0960 e. The first-order valence-electron chi connectivity index (χ1n) is 5.66. The predicted molar refractivity (Wildman–Crippen MR) is 72.6 cm³/mol. The number of hydrogen-bond donors (Lipinski definition) is 0. The lowest BCUT2D eigenvalue weighted by Crippen LogP contribution is -2.01. The van der Waals surface area contributed by atoms with Gasteiger partial charge in [0.25, 0.3) is 0 Å². The lowest BCUT2D eigenvalue weighted by Gasteiger charge is -1.96. The Hall–Kier alpha value is -0.750. The van der Waals surface area contributed by atoms with E-state index in [4.69, 9.17) is 0 Å². The van der Waals surface area contributed by atoms with Crippen LogP contribution in [0, 0.1) is 0 Å². The molecule has 0 aliphatic carbocycles. The summed E-state index contributed by atoms with van der Waals surface area (Å²) in [5.74, 6) is 0. The average molecular weight is 315 g/mol. The highest BCUT2D eigenvalue weighted by Gasteiger charge is 2.08. The van der Waals surface area contributed by atoms with Gasteiger partial charge in [-0.05, 0) is 19.8 Å². The zero-order valence-corrected chi connectivity index (χ0v) is 12.3. The van der Waals surface area contributed by atoms with E-state index in [1.54, 1.807) is 11.3 Å². The summed E-state index contributed by atoms with van der Waals surface area (Å²) in [6.45, 7) is 4.91. The van der Waals surface area contributed by atoms with Gasteiger partial charge in [0.15, 0.2) is 0 Å². The second-order valence-corrected chi connectivity index (χ2v) is 6.26. The standard InChI is InChI=1S/C11H15BrN4S/c1-3-4-11-13-9(7-17-11)5-16-6-10(8(2)12)14-15-16/h6-8H,3-5H2,1-2H3. The van der Waals surface area contributed by atoms with E-state index in [0.29, 0.717) is 6.54 Å². The molecule has 2 heterocycles. The van der Waals surface area contributed by atoms with E-state index in [0.717, 1.165) is 24.2 Å². The first kappa shape index (κ1) is 12.7. The SMILES string of the molecule is CCCc1nc(Cn2cc(C(C)Br)nn2)cs1. The van der Waals surface area contributed by atoms with Crippen LogP contribution in [0.5, 0.6) is 0 Å². The van der Waals surface area contributed by atoms with Gasteiger partial charge in [-0.15, -0.1) is 16.4 Å². The van der Waals surface area contributed by atoms with Gasteiger partial charge in [0, 0.05) is 5.38 Å². The molecule has 1 atom stereocenters. The van der Waals surface area contributed by atoms with E-state index < -0.39 is 0 Å². The van der Waals surface area contributed by atoms with E-state index in [-0.39, 0.29) is 4.83 Å². The fourth-order valence-corrected chi connectivity index (χ4v) is 2.59. The van der Waals surface area contributed by atoms with Crippen molar-refractivity contribution in [1.82, 2.24) is 20.0 Å². The van der Waals surface area contributed by atoms with Crippen LogP contribution >= 0.6 is 27.3 Å². The third kappa shape index (κ3) is 3.35. The van der Waals surface area contributed by atoms with Gasteiger partial charge in [-0.25, -0.2) is 9.67 Å². The Labute approximate surface area is 113 Å². The highest BCUT2D eigenvalue weighted by atomic mass is 79.9. The summed E-state index contributed by atoms with van der Waals surface area (Å²) >= 11 is 5.20. The first-order chi connectivity index (χ1) is 8.19. The van der Waals surface area contributed by atoms with E-state index in [1.165, 1.54) is 5.01 Å². The minimum atomic E-state index is 0.238. The van der Waals surface area contributed by atoms with Crippen molar-refractivity contribution in [2.45, 2.75) is 38.1 Å². The lowest BCUT2D eigenvalue weighted by molar-refractivity contribution is 0.639. The van der Waals surface area contributed by atoms with Gasteiger partial charge in [-0.1, -0.05) is 28.1 Å². The van der Waals surface area contributed by atoms with Crippen LogP contribution in [-0.2, 0) is 13.0 Å². The summed E-state index contributed by atoms with van der Waals surface area (Å²) in [4.78, 5) is 4.81. The molecule has 4 nitrogen and oxygen atoms in total. The molecule has 0 N–H and O–H groups in total. The highest BCUT2D eigenvalue weighted by molar-refractivity contribution is 9.09. The van der Waals surface area contributed by atoms with Crippen LogP contribution in [0.25, 0.3) is 0 Å². The lowest BCUT2D eigenvalue weighted by atomic mass is 10.3. The molecule has 1 unspecified atom stereocenters. The average Bonchev–Trinajstić information content (AvgIpc) is 2.89. The molecule has 92 valence electrons. The Morgan fingerprint density at radius 2 is 2.35 bits per heavy atom. The van der Waals surface area contributed by atoms with Crippen molar-refractivity contribution < 1.29 is 0 Å². The molecule has 2 rings (SSSR count). The fourth-order valence-electron chi connectivity index (χ4n) is 1.49. The molecule has 0 aliphatic heterocycles. The topological polar surface area (TPSA) is 43.6 Å². The molecule has 0 radical (unpaired) electrons. The van der Waals surface area contributed by atoms with Gasteiger partial charge in [-0.3, -0.25) is 0 Å². The van der Waals surface area contributed by atoms with Crippen LogP contribution in [0.1, 0.15) is 41.5 Å². The van der Waals surface area contributed by atoms with Crippen LogP contribution in [0.15, 0.2) is 11.6 Å². The van der Waals surface area contributed by atoms with Crippen molar-refractivity contribution in [2.75, 3.05) is 0 Å². The summed E-state index contributed by atoms with van der Waals surface area (Å²) < 4.78 is 1.83. The summed E-state index contributed by atoms with van der Waals surface area (Å²) in [5, 5.41) is 11.5. The van der Waals surface area contributed by atoms with Gasteiger partial charge in [0.05, 0.1) is 34.0 Å². The number of alkyl halides is 1. The molecule has 0 aliphatic rings. The number of halogens is 1. The van der Waals surface area contributed by atoms with Crippen LogP contribution in [0.4, 0.5) is 0 Å². The predicted octanol–water partition coefficient (Wildman–Crippen LogP) is 3.19. The zero-order chi connectivity index (χ0) is 12.3. The van der Waals surface area contributed by atoms with Crippen LogP contribution in [0.3, 0.4) is 0 Å². The van der Waals surface area contributed by atoms with Gasteiger partial charge >= 0.3 is 0 Å². The normalized spacial score (nSPS) is 12.9. The van der Waals surface area contributed by atoms with E-state index in [1.807, 2.05) is 17.8 Å².